The molecule has 0 unspecified atom stereocenters. The number of aryl methyl sites for hydroxylation is 1. The van der Waals surface area contributed by atoms with Crippen LogP contribution in [0.25, 0.3) is 11.3 Å². The molecular weight excluding hydrogens is 207 g/mol. The number of rotatable bonds is 2. The molecule has 0 aliphatic carbocycles. The highest BCUT2D eigenvalue weighted by Gasteiger charge is 2.12. The first-order chi connectivity index (χ1) is 7.63. The monoisotopic (exact) mass is 220 g/mol. The van der Waals surface area contributed by atoms with Crippen LogP contribution in [0.15, 0.2) is 24.3 Å². The predicted molar refractivity (Wildman–Crippen MR) is 61.6 cm³/mol. The minimum atomic E-state index is -0.287. The van der Waals surface area contributed by atoms with Gasteiger partial charge in [0.1, 0.15) is 17.3 Å². The van der Waals surface area contributed by atoms with Crippen molar-refractivity contribution in [2.75, 3.05) is 11.6 Å². The zero-order valence-electron chi connectivity index (χ0n) is 8.94. The second-order valence-corrected chi connectivity index (χ2v) is 3.49. The fourth-order valence-corrected chi connectivity index (χ4v) is 1.56. The second kappa shape index (κ2) is 3.84. The van der Waals surface area contributed by atoms with Crippen LogP contribution in [0.3, 0.4) is 0 Å². The quantitative estimate of drug-likeness (QED) is 0.754. The molecule has 1 heterocycles. The molecule has 4 nitrogen and oxygen atoms in total. The molecule has 16 heavy (non-hydrogen) atoms. The molecule has 0 radical (unpaired) electrons. The Labute approximate surface area is 92.7 Å². The van der Waals surface area contributed by atoms with Crippen LogP contribution in [0.4, 0.5) is 10.2 Å². The van der Waals surface area contributed by atoms with Gasteiger partial charge in [-0.1, -0.05) is 6.92 Å². The SMILES string of the molecule is CCc1nc(-c2ccc(F)cc2)c(N)n1N. The molecule has 5 heteroatoms. The van der Waals surface area contributed by atoms with Crippen molar-refractivity contribution in [3.05, 3.63) is 35.9 Å². The molecule has 0 saturated carbocycles. The minimum absolute atomic E-state index is 0.287. The molecule has 0 spiro atoms. The summed E-state index contributed by atoms with van der Waals surface area (Å²) in [7, 11) is 0. The van der Waals surface area contributed by atoms with Gasteiger partial charge in [-0.3, -0.25) is 0 Å². The summed E-state index contributed by atoms with van der Waals surface area (Å²) in [4.78, 5) is 4.32. The number of nitrogens with zero attached hydrogens (tertiary/aromatic N) is 2. The van der Waals surface area contributed by atoms with Gasteiger partial charge in [0.05, 0.1) is 0 Å². The lowest BCUT2D eigenvalue weighted by Gasteiger charge is -2.00. The Hall–Kier alpha value is -2.04. The predicted octanol–water partition coefficient (Wildman–Crippen LogP) is 1.55. The highest BCUT2D eigenvalue weighted by Crippen LogP contribution is 2.25. The van der Waals surface area contributed by atoms with Crippen LogP contribution < -0.4 is 11.6 Å². The molecule has 0 amide bonds. The van der Waals surface area contributed by atoms with Crippen molar-refractivity contribution in [2.24, 2.45) is 0 Å². The maximum atomic E-state index is 12.8. The molecule has 2 rings (SSSR count). The fourth-order valence-electron chi connectivity index (χ4n) is 1.56. The Morgan fingerprint density at radius 1 is 1.31 bits per heavy atom. The van der Waals surface area contributed by atoms with E-state index in [9.17, 15) is 4.39 Å². The van der Waals surface area contributed by atoms with Gasteiger partial charge in [-0.15, -0.1) is 0 Å². The molecular formula is C11H13FN4. The number of nitrogen functional groups attached to an aromatic ring is 2. The van der Waals surface area contributed by atoms with Gasteiger partial charge in [0.2, 0.25) is 0 Å². The van der Waals surface area contributed by atoms with E-state index in [0.717, 1.165) is 5.56 Å². The number of nitrogens with two attached hydrogens (primary N) is 2. The number of hydrogen-bond donors (Lipinski definition) is 2. The first kappa shape index (κ1) is 10.5. The van der Waals surface area contributed by atoms with Crippen molar-refractivity contribution in [2.45, 2.75) is 13.3 Å². The molecule has 0 aliphatic heterocycles. The van der Waals surface area contributed by atoms with E-state index >= 15 is 0 Å². The normalized spacial score (nSPS) is 10.6. The second-order valence-electron chi connectivity index (χ2n) is 3.49. The highest BCUT2D eigenvalue weighted by molar-refractivity contribution is 5.70. The van der Waals surface area contributed by atoms with E-state index in [1.165, 1.54) is 16.8 Å². The molecule has 0 fully saturated rings. The largest absolute Gasteiger partial charge is 0.382 e. The Morgan fingerprint density at radius 2 is 1.94 bits per heavy atom. The van der Waals surface area contributed by atoms with Gasteiger partial charge in [0, 0.05) is 12.0 Å². The van der Waals surface area contributed by atoms with Crippen molar-refractivity contribution in [1.82, 2.24) is 9.66 Å². The van der Waals surface area contributed by atoms with Crippen LogP contribution in [-0.4, -0.2) is 9.66 Å². The Kier molecular flexibility index (Phi) is 2.52. The molecule has 2 aromatic rings. The van der Waals surface area contributed by atoms with Crippen molar-refractivity contribution < 1.29 is 4.39 Å². The molecule has 1 aromatic heterocycles. The highest BCUT2D eigenvalue weighted by atomic mass is 19.1. The summed E-state index contributed by atoms with van der Waals surface area (Å²) in [5.41, 5.74) is 7.19. The summed E-state index contributed by atoms with van der Waals surface area (Å²) in [5.74, 6) is 6.55. The number of imidazole rings is 1. The minimum Gasteiger partial charge on any atom is -0.382 e. The standard InChI is InChI=1S/C11H13FN4/c1-2-9-15-10(11(13)16(9)14)7-3-5-8(12)6-4-7/h3-6H,2,13-14H2,1H3. The zero-order chi connectivity index (χ0) is 11.7. The summed E-state index contributed by atoms with van der Waals surface area (Å²) in [6, 6.07) is 6.01. The number of benzene rings is 1. The molecule has 0 saturated heterocycles. The third-order valence-electron chi connectivity index (χ3n) is 2.45. The van der Waals surface area contributed by atoms with Crippen molar-refractivity contribution in [3.63, 3.8) is 0 Å². The van der Waals surface area contributed by atoms with Crippen molar-refractivity contribution in [1.29, 1.82) is 0 Å². The van der Waals surface area contributed by atoms with Crippen LogP contribution in [0.5, 0.6) is 0 Å². The Morgan fingerprint density at radius 3 is 2.44 bits per heavy atom. The zero-order valence-corrected chi connectivity index (χ0v) is 8.94. The molecule has 0 bridgehead atoms. The third kappa shape index (κ3) is 1.60. The van der Waals surface area contributed by atoms with E-state index in [1.807, 2.05) is 6.92 Å². The lowest BCUT2D eigenvalue weighted by atomic mass is 10.1. The first-order valence-corrected chi connectivity index (χ1v) is 5.01. The van der Waals surface area contributed by atoms with Crippen LogP contribution in [0.1, 0.15) is 12.7 Å². The van der Waals surface area contributed by atoms with Crippen LogP contribution >= 0.6 is 0 Å². The molecule has 0 atom stereocenters. The molecule has 4 N–H and O–H groups in total. The van der Waals surface area contributed by atoms with Crippen LogP contribution in [0, 0.1) is 5.82 Å². The summed E-state index contributed by atoms with van der Waals surface area (Å²) < 4.78 is 14.1. The van der Waals surface area contributed by atoms with Crippen LogP contribution in [0.2, 0.25) is 0 Å². The van der Waals surface area contributed by atoms with Gasteiger partial charge in [0.15, 0.2) is 5.82 Å². The number of aromatic nitrogens is 2. The Balaban J connectivity index is 2.52. The number of anilines is 1. The van der Waals surface area contributed by atoms with Gasteiger partial charge in [-0.25, -0.2) is 14.1 Å². The summed E-state index contributed by atoms with van der Waals surface area (Å²) >= 11 is 0. The van der Waals surface area contributed by atoms with E-state index < -0.39 is 0 Å². The molecule has 84 valence electrons. The summed E-state index contributed by atoms with van der Waals surface area (Å²) in [5, 5.41) is 0. The van der Waals surface area contributed by atoms with Gasteiger partial charge in [-0.2, -0.15) is 0 Å². The number of halogens is 1. The lowest BCUT2D eigenvalue weighted by Crippen LogP contribution is -2.14. The van der Waals surface area contributed by atoms with Gasteiger partial charge < -0.3 is 11.6 Å². The molecule has 1 aromatic carbocycles. The third-order valence-corrected chi connectivity index (χ3v) is 2.45. The summed E-state index contributed by atoms with van der Waals surface area (Å²) in [6.45, 7) is 1.94. The topological polar surface area (TPSA) is 69.9 Å². The maximum absolute atomic E-state index is 12.8. The summed E-state index contributed by atoms with van der Waals surface area (Å²) in [6.07, 6.45) is 0.696. The Bertz CT molecular complexity index is 501. The number of hydrogen-bond acceptors (Lipinski definition) is 3. The average Bonchev–Trinajstić information content (AvgIpc) is 2.57. The van der Waals surface area contributed by atoms with E-state index in [-0.39, 0.29) is 5.82 Å². The average molecular weight is 220 g/mol. The molecule has 0 aliphatic rings. The van der Waals surface area contributed by atoms with Gasteiger partial charge in [-0.05, 0) is 24.3 Å². The fraction of sp³-hybridized carbons (Fsp3) is 0.182. The maximum Gasteiger partial charge on any atom is 0.150 e. The lowest BCUT2D eigenvalue weighted by molar-refractivity contribution is 0.628. The van der Waals surface area contributed by atoms with Gasteiger partial charge >= 0.3 is 0 Å². The van der Waals surface area contributed by atoms with Gasteiger partial charge in [0.25, 0.3) is 0 Å². The van der Waals surface area contributed by atoms with Crippen molar-refractivity contribution >= 4 is 5.82 Å². The van der Waals surface area contributed by atoms with E-state index in [2.05, 4.69) is 4.98 Å². The smallest absolute Gasteiger partial charge is 0.150 e. The first-order valence-electron chi connectivity index (χ1n) is 5.01. The van der Waals surface area contributed by atoms with Crippen LogP contribution in [-0.2, 0) is 6.42 Å². The van der Waals surface area contributed by atoms with E-state index in [1.54, 1.807) is 12.1 Å². The van der Waals surface area contributed by atoms with Crippen molar-refractivity contribution in [3.8, 4) is 11.3 Å². The van der Waals surface area contributed by atoms with E-state index in [4.69, 9.17) is 11.6 Å². The van der Waals surface area contributed by atoms with E-state index in [0.29, 0.717) is 23.8 Å².